The maximum atomic E-state index is 10.8. The summed E-state index contributed by atoms with van der Waals surface area (Å²) in [5.41, 5.74) is 5.55. The SMILES string of the molecule is CC(=O)OCSc1ccc(C(N)=O)cc1. The van der Waals surface area contributed by atoms with Gasteiger partial charge in [0.1, 0.15) is 5.94 Å². The number of primary amides is 1. The summed E-state index contributed by atoms with van der Waals surface area (Å²) in [7, 11) is 0. The van der Waals surface area contributed by atoms with Crippen LogP contribution in [0.3, 0.4) is 0 Å². The molecule has 0 aliphatic heterocycles. The molecule has 0 saturated carbocycles. The summed E-state index contributed by atoms with van der Waals surface area (Å²) in [6.07, 6.45) is 0. The first-order chi connectivity index (χ1) is 7.09. The van der Waals surface area contributed by atoms with E-state index in [2.05, 4.69) is 0 Å². The maximum absolute atomic E-state index is 10.8. The second kappa shape index (κ2) is 5.41. The summed E-state index contributed by atoms with van der Waals surface area (Å²) in [6.45, 7) is 1.36. The van der Waals surface area contributed by atoms with Gasteiger partial charge in [0, 0.05) is 17.4 Å². The normalized spacial score (nSPS) is 9.67. The first-order valence-electron chi connectivity index (χ1n) is 4.25. The molecule has 0 atom stereocenters. The molecule has 0 aromatic heterocycles. The summed E-state index contributed by atoms with van der Waals surface area (Å²) in [6, 6.07) is 6.79. The molecule has 0 radical (unpaired) electrons. The highest BCUT2D eigenvalue weighted by atomic mass is 32.2. The third kappa shape index (κ3) is 4.03. The van der Waals surface area contributed by atoms with Crippen molar-refractivity contribution < 1.29 is 14.3 Å². The van der Waals surface area contributed by atoms with Crippen LogP contribution in [0.15, 0.2) is 29.2 Å². The fourth-order valence-electron chi connectivity index (χ4n) is 0.896. The van der Waals surface area contributed by atoms with Crippen LogP contribution in [0.4, 0.5) is 0 Å². The van der Waals surface area contributed by atoms with Crippen LogP contribution >= 0.6 is 11.8 Å². The number of hydrogen-bond donors (Lipinski definition) is 1. The van der Waals surface area contributed by atoms with Gasteiger partial charge in [-0.15, -0.1) is 0 Å². The number of amides is 1. The molecule has 2 N–H and O–H groups in total. The minimum atomic E-state index is -0.452. The molecule has 4 nitrogen and oxygen atoms in total. The Morgan fingerprint density at radius 2 is 1.93 bits per heavy atom. The highest BCUT2D eigenvalue weighted by Gasteiger charge is 2.00. The first kappa shape index (κ1) is 11.6. The lowest BCUT2D eigenvalue weighted by Crippen LogP contribution is -2.10. The van der Waals surface area contributed by atoms with Crippen molar-refractivity contribution in [1.29, 1.82) is 0 Å². The van der Waals surface area contributed by atoms with Crippen LogP contribution in [0.2, 0.25) is 0 Å². The fraction of sp³-hybridized carbons (Fsp3) is 0.200. The van der Waals surface area contributed by atoms with Crippen molar-refractivity contribution in [2.75, 3.05) is 5.94 Å². The van der Waals surface area contributed by atoms with Gasteiger partial charge < -0.3 is 10.5 Å². The Bertz CT molecular complexity index is 361. The smallest absolute Gasteiger partial charge is 0.303 e. The molecule has 0 aliphatic carbocycles. The molecule has 0 heterocycles. The molecular weight excluding hydrogens is 214 g/mol. The largest absolute Gasteiger partial charge is 0.454 e. The van der Waals surface area contributed by atoms with Crippen molar-refractivity contribution in [3.8, 4) is 0 Å². The third-order valence-electron chi connectivity index (χ3n) is 1.63. The number of carbonyl (C=O) groups is 2. The topological polar surface area (TPSA) is 69.4 Å². The average molecular weight is 225 g/mol. The average Bonchev–Trinajstić information content (AvgIpc) is 2.18. The van der Waals surface area contributed by atoms with Gasteiger partial charge in [-0.2, -0.15) is 0 Å². The third-order valence-corrected chi connectivity index (χ3v) is 2.47. The van der Waals surface area contributed by atoms with Crippen LogP contribution in [-0.4, -0.2) is 17.8 Å². The predicted molar refractivity (Wildman–Crippen MR) is 57.4 cm³/mol. The van der Waals surface area contributed by atoms with Crippen LogP contribution in [0, 0.1) is 0 Å². The summed E-state index contributed by atoms with van der Waals surface area (Å²) in [5, 5.41) is 0. The summed E-state index contributed by atoms with van der Waals surface area (Å²) < 4.78 is 4.76. The Morgan fingerprint density at radius 1 is 1.33 bits per heavy atom. The summed E-state index contributed by atoms with van der Waals surface area (Å²) >= 11 is 1.37. The zero-order valence-corrected chi connectivity index (χ0v) is 9.04. The Morgan fingerprint density at radius 3 is 2.40 bits per heavy atom. The highest BCUT2D eigenvalue weighted by molar-refractivity contribution is 7.99. The van der Waals surface area contributed by atoms with Gasteiger partial charge >= 0.3 is 5.97 Å². The van der Waals surface area contributed by atoms with E-state index in [0.29, 0.717) is 5.56 Å². The lowest BCUT2D eigenvalue weighted by atomic mass is 10.2. The quantitative estimate of drug-likeness (QED) is 0.477. The summed E-state index contributed by atoms with van der Waals surface area (Å²) in [5.74, 6) is -0.492. The number of esters is 1. The van der Waals surface area contributed by atoms with Gasteiger partial charge in [0.25, 0.3) is 0 Å². The molecule has 1 rings (SSSR count). The van der Waals surface area contributed by atoms with E-state index in [1.54, 1.807) is 24.3 Å². The standard InChI is InChI=1S/C10H11NO3S/c1-7(12)14-6-15-9-4-2-8(3-5-9)10(11)13/h2-5H,6H2,1H3,(H2,11,13). The van der Waals surface area contributed by atoms with Crippen molar-refractivity contribution in [3.05, 3.63) is 29.8 Å². The lowest BCUT2D eigenvalue weighted by Gasteiger charge is -2.02. The Kier molecular flexibility index (Phi) is 4.17. The zero-order chi connectivity index (χ0) is 11.3. The van der Waals surface area contributed by atoms with E-state index in [-0.39, 0.29) is 11.9 Å². The molecule has 15 heavy (non-hydrogen) atoms. The Labute approximate surface area is 91.8 Å². The number of nitrogens with two attached hydrogens (primary N) is 1. The molecule has 0 unspecified atom stereocenters. The maximum Gasteiger partial charge on any atom is 0.303 e. The van der Waals surface area contributed by atoms with Gasteiger partial charge in [0.05, 0.1) is 0 Å². The van der Waals surface area contributed by atoms with Gasteiger partial charge in [-0.25, -0.2) is 0 Å². The molecule has 1 amide bonds. The van der Waals surface area contributed by atoms with Gasteiger partial charge in [-0.1, -0.05) is 11.8 Å². The monoisotopic (exact) mass is 225 g/mol. The van der Waals surface area contributed by atoms with Gasteiger partial charge in [-0.3, -0.25) is 9.59 Å². The predicted octanol–water partition coefficient (Wildman–Crippen LogP) is 1.40. The van der Waals surface area contributed by atoms with E-state index in [1.165, 1.54) is 18.7 Å². The molecule has 0 saturated heterocycles. The molecule has 0 aliphatic rings. The second-order valence-corrected chi connectivity index (χ2v) is 3.78. The first-order valence-corrected chi connectivity index (χ1v) is 5.24. The number of ether oxygens (including phenoxy) is 1. The lowest BCUT2D eigenvalue weighted by molar-refractivity contribution is -0.138. The molecule has 1 aromatic carbocycles. The van der Waals surface area contributed by atoms with Crippen molar-refractivity contribution >= 4 is 23.6 Å². The zero-order valence-electron chi connectivity index (χ0n) is 8.23. The van der Waals surface area contributed by atoms with E-state index in [4.69, 9.17) is 10.5 Å². The van der Waals surface area contributed by atoms with Crippen molar-refractivity contribution in [2.24, 2.45) is 5.73 Å². The minimum Gasteiger partial charge on any atom is -0.454 e. The van der Waals surface area contributed by atoms with Crippen LogP contribution in [0.1, 0.15) is 17.3 Å². The Balaban J connectivity index is 2.50. The second-order valence-electron chi connectivity index (χ2n) is 2.79. The minimum absolute atomic E-state index is 0.269. The van der Waals surface area contributed by atoms with E-state index < -0.39 is 5.91 Å². The van der Waals surface area contributed by atoms with Crippen LogP contribution in [0.25, 0.3) is 0 Å². The molecule has 80 valence electrons. The number of thioether (sulfide) groups is 1. The van der Waals surface area contributed by atoms with Crippen LogP contribution in [-0.2, 0) is 9.53 Å². The van der Waals surface area contributed by atoms with Crippen molar-refractivity contribution in [1.82, 2.24) is 0 Å². The fourth-order valence-corrected chi connectivity index (χ4v) is 1.59. The Hall–Kier alpha value is -1.49. The van der Waals surface area contributed by atoms with Gasteiger partial charge in [0.15, 0.2) is 0 Å². The van der Waals surface area contributed by atoms with E-state index in [9.17, 15) is 9.59 Å². The number of hydrogen-bond acceptors (Lipinski definition) is 4. The molecule has 0 spiro atoms. The van der Waals surface area contributed by atoms with E-state index in [0.717, 1.165) is 4.90 Å². The van der Waals surface area contributed by atoms with Crippen LogP contribution < -0.4 is 5.73 Å². The number of benzene rings is 1. The van der Waals surface area contributed by atoms with E-state index >= 15 is 0 Å². The van der Waals surface area contributed by atoms with Crippen molar-refractivity contribution in [3.63, 3.8) is 0 Å². The molecule has 5 heteroatoms. The molecule has 1 aromatic rings. The molecule has 0 bridgehead atoms. The molecule has 0 fully saturated rings. The number of rotatable bonds is 4. The summed E-state index contributed by atoms with van der Waals surface area (Å²) in [4.78, 5) is 22.2. The van der Waals surface area contributed by atoms with Gasteiger partial charge in [0.2, 0.25) is 5.91 Å². The highest BCUT2D eigenvalue weighted by Crippen LogP contribution is 2.18. The van der Waals surface area contributed by atoms with Crippen LogP contribution in [0.5, 0.6) is 0 Å². The molecular formula is C10H11NO3S. The van der Waals surface area contributed by atoms with Crippen molar-refractivity contribution in [2.45, 2.75) is 11.8 Å². The van der Waals surface area contributed by atoms with E-state index in [1.807, 2.05) is 0 Å². The number of carbonyl (C=O) groups excluding carboxylic acids is 2. The van der Waals surface area contributed by atoms with Gasteiger partial charge in [-0.05, 0) is 24.3 Å².